The van der Waals surface area contributed by atoms with Crippen LogP contribution in [0.5, 0.6) is 40.4 Å². The molecule has 0 radical (unpaired) electrons. The summed E-state index contributed by atoms with van der Waals surface area (Å²) in [7, 11) is 0. The number of unbranched alkanes of at least 4 members (excludes halogenated alkanes) is 21. The highest BCUT2D eigenvalue weighted by molar-refractivity contribution is 6.35. The van der Waals surface area contributed by atoms with Gasteiger partial charge in [0.2, 0.25) is 5.88 Å². The lowest BCUT2D eigenvalue weighted by atomic mass is 10.0. The second-order valence-electron chi connectivity index (χ2n) is 35.9. The molecule has 0 N–H and O–H groups in total. The van der Waals surface area contributed by atoms with E-state index in [4.69, 9.17) is 63.2 Å². The van der Waals surface area contributed by atoms with Crippen LogP contribution in [0.2, 0.25) is 15.1 Å². The zero-order chi connectivity index (χ0) is 103. The molecule has 0 saturated carbocycles. The summed E-state index contributed by atoms with van der Waals surface area (Å²) in [5.41, 5.74) is 10.7. The third-order valence-electron chi connectivity index (χ3n) is 24.1. The number of halogens is 6. The van der Waals surface area contributed by atoms with Crippen molar-refractivity contribution in [3.63, 3.8) is 0 Å². The molecule has 0 fully saturated rings. The number of ether oxygens (including phenoxy) is 7. The number of ketones is 4. The fraction of sp³-hybridized carbons (Fsp3) is 0.347. The van der Waals surface area contributed by atoms with Gasteiger partial charge in [0.05, 0.1) is 45.5 Å². The minimum Gasteiger partial charge on any atom is -0.494 e. The summed E-state index contributed by atoms with van der Waals surface area (Å²) in [6, 6.07) is 72.5. The Morgan fingerprint density at radius 2 is 0.650 bits per heavy atom. The summed E-state index contributed by atoms with van der Waals surface area (Å²) in [4.78, 5) is 105. The van der Waals surface area contributed by atoms with Crippen molar-refractivity contribution >= 4 is 81.8 Å². The van der Waals surface area contributed by atoms with Crippen molar-refractivity contribution in [2.75, 3.05) is 19.8 Å². The number of esters is 4. The Bertz CT molecular complexity index is 5960. The molecule has 0 aliphatic carbocycles. The van der Waals surface area contributed by atoms with Crippen LogP contribution >= 0.6 is 34.8 Å². The van der Waals surface area contributed by atoms with Crippen molar-refractivity contribution in [2.45, 2.75) is 248 Å². The number of benzene rings is 11. The maximum absolute atomic E-state index is 12.8. The molecule has 1 unspecified atom stereocenters. The van der Waals surface area contributed by atoms with Crippen LogP contribution in [0.1, 0.15) is 341 Å². The summed E-state index contributed by atoms with van der Waals surface area (Å²) in [5, 5.41) is 1.04. The molecule has 16 nitrogen and oxygen atoms in total. The predicted molar refractivity (Wildman–Crippen MR) is 564 cm³/mol. The molecule has 0 amide bonds. The van der Waals surface area contributed by atoms with Crippen LogP contribution in [0.15, 0.2) is 267 Å². The van der Waals surface area contributed by atoms with E-state index in [1.54, 1.807) is 146 Å². The van der Waals surface area contributed by atoms with Crippen LogP contribution < -0.4 is 33.2 Å². The topological polar surface area (TPSA) is 214 Å². The molecular formula is C121H133Cl3F3NO15. The standard InChI is InChI=1S/C32H34ClF3O5.2C31H35ClO3.C27H29NO4/c1-2-3-4-5-6-7-8-9-20-39-26-17-12-24(13-18-26)31(38)41-29-19-14-25(21-28(29)33)30(37)23-10-15-27(16-11-23)40-22-32(34,35)36;1-3-4-5-6-7-8-9-10-11-24-13-15-26(16-14-24)31(34)35-27-19-17-25(18-20-27)30(33)28-21-12-23(2)22-29(28)32;1-3-4-5-6-7-8-9-10-11-24-13-16-26(17-14-24)31(34)35-28-20-18-25(19-21-28)30(33)27-15-12-23(2)29(32)22-27;1-4-19(2)6-5-17-31-25-16-13-23(18-28-25)27(30)32-24-14-11-22(12-15-24)26(29)21-9-7-20(3)8-10-21/h10-19,21H,2-9,20,22H2,1H3;2*12-22H,3-11H2,1-2H3;7-16,18-19H,4-6,17H2,1-3H3. The molecule has 1 aromatic heterocycles. The summed E-state index contributed by atoms with van der Waals surface area (Å²) in [6.07, 6.45) is 32.9. The SMILES string of the molecule is CCC(C)CCCOc1ccc(C(=O)Oc2ccc(C(=O)c3ccc(C)cc3)cc2)cn1.CCCCCCCCCCOc1ccc(C(=O)Oc2ccc(C(=O)c3ccc(OCC(F)(F)F)cc3)cc2Cl)cc1.CCCCCCCCCCc1ccc(C(=O)Oc2ccc(C(=O)c3ccc(C)c(Cl)c3)cc2)cc1.CCCCCCCCCCc1ccc(C(=O)Oc2ccc(C(=O)c3ccc(C)cc3Cl)cc2)cc1. The molecule has 12 aromatic rings. The van der Waals surface area contributed by atoms with E-state index in [2.05, 4.69) is 44.3 Å². The van der Waals surface area contributed by atoms with Crippen molar-refractivity contribution in [1.82, 2.24) is 4.98 Å². The van der Waals surface area contributed by atoms with E-state index in [0.29, 0.717) is 114 Å². The molecular weight excluding hydrogens is 1870 g/mol. The Balaban J connectivity index is 0.000000213. The number of hydrogen-bond donors (Lipinski definition) is 0. The maximum Gasteiger partial charge on any atom is 0.422 e. The van der Waals surface area contributed by atoms with Gasteiger partial charge >= 0.3 is 30.1 Å². The quantitative estimate of drug-likeness (QED) is 0.0150. The number of alkyl halides is 3. The number of nitrogens with zero attached hydrogens (tertiary/aromatic N) is 1. The molecule has 0 spiro atoms. The number of pyridine rings is 1. The Morgan fingerprint density at radius 1 is 0.308 bits per heavy atom. The highest BCUT2D eigenvalue weighted by Gasteiger charge is 2.29. The molecule has 0 aliphatic rings. The fourth-order valence-electron chi connectivity index (χ4n) is 15.2. The molecule has 11 aromatic carbocycles. The van der Waals surface area contributed by atoms with E-state index >= 15 is 0 Å². The summed E-state index contributed by atoms with van der Waals surface area (Å²) < 4.78 is 74.8. The lowest BCUT2D eigenvalue weighted by Gasteiger charge is -2.10. The Morgan fingerprint density at radius 3 is 1.06 bits per heavy atom. The highest BCUT2D eigenvalue weighted by Crippen LogP contribution is 2.32. The normalized spacial score (nSPS) is 11.1. The van der Waals surface area contributed by atoms with Gasteiger partial charge in [0.25, 0.3) is 0 Å². The predicted octanol–water partition coefficient (Wildman–Crippen LogP) is 32.9. The van der Waals surface area contributed by atoms with E-state index in [-0.39, 0.29) is 45.0 Å². The lowest BCUT2D eigenvalue weighted by molar-refractivity contribution is -0.153. The first kappa shape index (κ1) is 114. The molecule has 0 bridgehead atoms. The third-order valence-corrected chi connectivity index (χ3v) is 25.2. The largest absolute Gasteiger partial charge is 0.494 e. The first-order valence-electron chi connectivity index (χ1n) is 50.1. The van der Waals surface area contributed by atoms with Crippen LogP contribution in [-0.4, -0.2) is 78.0 Å². The van der Waals surface area contributed by atoms with Gasteiger partial charge in [-0.25, -0.2) is 24.2 Å². The second kappa shape index (κ2) is 61.9. The molecule has 143 heavy (non-hydrogen) atoms. The fourth-order valence-corrected chi connectivity index (χ4v) is 15.9. The van der Waals surface area contributed by atoms with Gasteiger partial charge in [-0.05, 0) is 282 Å². The van der Waals surface area contributed by atoms with E-state index in [1.165, 1.54) is 207 Å². The highest BCUT2D eigenvalue weighted by atomic mass is 35.5. The zero-order valence-electron chi connectivity index (χ0n) is 83.4. The first-order chi connectivity index (χ1) is 69.1. The monoisotopic (exact) mass is 2000 g/mol. The van der Waals surface area contributed by atoms with Gasteiger partial charge in [0, 0.05) is 61.8 Å². The molecule has 12 rings (SSSR count). The Hall–Kier alpha value is -12.8. The summed E-state index contributed by atoms with van der Waals surface area (Å²) in [6.45, 7) is 16.7. The molecule has 1 heterocycles. The molecule has 754 valence electrons. The number of aromatic nitrogens is 1. The first-order valence-corrected chi connectivity index (χ1v) is 51.3. The number of carbonyl (C=O) groups is 8. The van der Waals surface area contributed by atoms with Crippen LogP contribution in [0.3, 0.4) is 0 Å². The number of aryl methyl sites for hydroxylation is 5. The van der Waals surface area contributed by atoms with Crippen LogP contribution in [0.25, 0.3) is 0 Å². The average molecular weight is 2000 g/mol. The van der Waals surface area contributed by atoms with Gasteiger partial charge in [0.15, 0.2) is 29.7 Å². The second-order valence-corrected chi connectivity index (χ2v) is 37.1. The minimum atomic E-state index is -4.46. The lowest BCUT2D eigenvalue weighted by Crippen LogP contribution is -2.19. The van der Waals surface area contributed by atoms with E-state index in [9.17, 15) is 51.5 Å². The molecule has 1 atom stereocenters. The van der Waals surface area contributed by atoms with Crippen LogP contribution in [-0.2, 0) is 12.8 Å². The van der Waals surface area contributed by atoms with Gasteiger partial charge < -0.3 is 33.2 Å². The number of hydrogen-bond acceptors (Lipinski definition) is 16. The summed E-state index contributed by atoms with van der Waals surface area (Å²) in [5.74, 6) is 0.348. The average Bonchev–Trinajstić information content (AvgIpc) is 0.821. The Labute approximate surface area is 856 Å². The van der Waals surface area contributed by atoms with E-state index in [1.807, 2.05) is 93.6 Å². The van der Waals surface area contributed by atoms with Gasteiger partial charge in [-0.3, -0.25) is 19.2 Å². The Kier molecular flexibility index (Phi) is 49.3. The van der Waals surface area contributed by atoms with Crippen LogP contribution in [0, 0.1) is 26.7 Å². The van der Waals surface area contributed by atoms with Gasteiger partial charge in [-0.15, -0.1) is 0 Å². The zero-order valence-corrected chi connectivity index (χ0v) is 85.7. The summed E-state index contributed by atoms with van der Waals surface area (Å²) >= 11 is 18.6. The molecule has 0 aliphatic heterocycles. The number of rotatable bonds is 52. The molecule has 22 heteroatoms. The van der Waals surface area contributed by atoms with Crippen molar-refractivity contribution < 1.29 is 84.7 Å². The van der Waals surface area contributed by atoms with Crippen molar-refractivity contribution in [3.05, 3.63) is 377 Å². The van der Waals surface area contributed by atoms with Crippen molar-refractivity contribution in [2.24, 2.45) is 5.92 Å². The smallest absolute Gasteiger partial charge is 0.422 e. The minimum absolute atomic E-state index is 0.0118. The van der Waals surface area contributed by atoms with Gasteiger partial charge in [-0.1, -0.05) is 283 Å². The van der Waals surface area contributed by atoms with Crippen molar-refractivity contribution in [3.8, 4) is 40.4 Å². The van der Waals surface area contributed by atoms with E-state index < -0.39 is 42.4 Å². The maximum atomic E-state index is 12.8. The van der Waals surface area contributed by atoms with E-state index in [0.717, 1.165) is 55.2 Å². The number of carbonyl (C=O) groups excluding carboxylic acids is 8. The van der Waals surface area contributed by atoms with Crippen molar-refractivity contribution in [1.29, 1.82) is 0 Å². The van der Waals surface area contributed by atoms with Crippen LogP contribution in [0.4, 0.5) is 13.2 Å². The van der Waals surface area contributed by atoms with Gasteiger partial charge in [0.1, 0.15) is 34.5 Å². The third kappa shape index (κ3) is 40.8. The molecule has 0 saturated heterocycles. The van der Waals surface area contributed by atoms with Gasteiger partial charge in [-0.2, -0.15) is 13.2 Å².